The smallest absolute Gasteiger partial charge is 0.0861 e. The molecule has 2 aromatic rings. The van der Waals surface area contributed by atoms with Crippen molar-refractivity contribution in [3.63, 3.8) is 0 Å². The van der Waals surface area contributed by atoms with E-state index in [9.17, 15) is 0 Å². The van der Waals surface area contributed by atoms with Gasteiger partial charge in [-0.3, -0.25) is 0 Å². The first-order chi connectivity index (χ1) is 5.18. The molecule has 5 heteroatoms. The Labute approximate surface area is 97.0 Å². The molecule has 0 aliphatic carbocycles. The Morgan fingerprint density at radius 3 is 2.45 bits per heavy atom. The first kappa shape index (κ1) is 8.69. The van der Waals surface area contributed by atoms with Crippen LogP contribution in [0.1, 0.15) is 0 Å². The van der Waals surface area contributed by atoms with E-state index in [4.69, 9.17) is 0 Å². The molecular weight excluding hydrogens is 376 g/mol. The van der Waals surface area contributed by atoms with Crippen LogP contribution in [0, 0.1) is 0 Å². The normalized spacial score (nSPS) is 11.2. The maximum atomic E-state index is 3.52. The SMILES string of the molecule is Brc1cc2sc(Br)c(Br)c2s1. The minimum absolute atomic E-state index is 1.17. The van der Waals surface area contributed by atoms with Crippen LogP contribution in [-0.2, 0) is 0 Å². The molecule has 0 unspecified atom stereocenters. The van der Waals surface area contributed by atoms with E-state index in [1.165, 1.54) is 21.4 Å². The van der Waals surface area contributed by atoms with Crippen molar-refractivity contribution in [1.82, 2.24) is 0 Å². The Morgan fingerprint density at radius 2 is 1.82 bits per heavy atom. The Bertz CT molecular complexity index is 401. The maximum Gasteiger partial charge on any atom is 0.0861 e. The van der Waals surface area contributed by atoms with Crippen LogP contribution in [0.15, 0.2) is 18.1 Å². The van der Waals surface area contributed by atoms with Gasteiger partial charge in [0.2, 0.25) is 0 Å². The minimum atomic E-state index is 1.17. The van der Waals surface area contributed by atoms with E-state index in [1.807, 2.05) is 0 Å². The van der Waals surface area contributed by atoms with E-state index in [0.29, 0.717) is 0 Å². The summed E-state index contributed by atoms with van der Waals surface area (Å²) in [7, 11) is 0. The molecule has 0 aromatic carbocycles. The van der Waals surface area contributed by atoms with E-state index < -0.39 is 0 Å². The topological polar surface area (TPSA) is 0 Å². The molecule has 0 amide bonds. The lowest BCUT2D eigenvalue weighted by Crippen LogP contribution is -1.48. The number of hydrogen-bond donors (Lipinski definition) is 0. The first-order valence-electron chi connectivity index (χ1n) is 2.71. The van der Waals surface area contributed by atoms with Crippen molar-refractivity contribution in [1.29, 1.82) is 0 Å². The average Bonchev–Trinajstić information content (AvgIpc) is 2.37. The van der Waals surface area contributed by atoms with Gasteiger partial charge in [0.25, 0.3) is 0 Å². The van der Waals surface area contributed by atoms with Gasteiger partial charge in [-0.05, 0) is 53.9 Å². The van der Waals surface area contributed by atoms with Crippen LogP contribution in [0.2, 0.25) is 0 Å². The highest BCUT2D eigenvalue weighted by molar-refractivity contribution is 9.13. The highest BCUT2D eigenvalue weighted by Gasteiger charge is 2.09. The molecule has 0 saturated carbocycles. The van der Waals surface area contributed by atoms with E-state index in [1.54, 1.807) is 22.7 Å². The van der Waals surface area contributed by atoms with Gasteiger partial charge in [0.05, 0.1) is 16.7 Å². The molecule has 0 N–H and O–H groups in total. The predicted octanol–water partition coefficient (Wildman–Crippen LogP) is 5.25. The first-order valence-corrected chi connectivity index (χ1v) is 6.72. The standard InChI is InChI=1S/C6HBr3S2/c7-3-1-2-5(11-3)4(8)6(9)10-2/h1H. The molecule has 0 fully saturated rings. The number of hydrogen-bond acceptors (Lipinski definition) is 2. The van der Waals surface area contributed by atoms with Gasteiger partial charge in [-0.25, -0.2) is 0 Å². The zero-order valence-corrected chi connectivity index (χ0v) is 11.4. The van der Waals surface area contributed by atoms with Crippen molar-refractivity contribution < 1.29 is 0 Å². The monoisotopic (exact) mass is 374 g/mol. The van der Waals surface area contributed by atoms with Gasteiger partial charge >= 0.3 is 0 Å². The highest BCUT2D eigenvalue weighted by Crippen LogP contribution is 2.44. The molecule has 0 aliphatic heterocycles. The van der Waals surface area contributed by atoms with Crippen molar-refractivity contribution in [3.8, 4) is 0 Å². The van der Waals surface area contributed by atoms with E-state index in [-0.39, 0.29) is 0 Å². The third-order valence-electron chi connectivity index (χ3n) is 1.24. The van der Waals surface area contributed by atoms with E-state index in [0.717, 1.165) is 0 Å². The van der Waals surface area contributed by atoms with Gasteiger partial charge in [0.15, 0.2) is 0 Å². The third-order valence-corrected chi connectivity index (χ3v) is 6.68. The van der Waals surface area contributed by atoms with Crippen LogP contribution in [0.25, 0.3) is 9.40 Å². The molecule has 11 heavy (non-hydrogen) atoms. The van der Waals surface area contributed by atoms with Gasteiger partial charge < -0.3 is 0 Å². The molecule has 0 nitrogen and oxygen atoms in total. The largest absolute Gasteiger partial charge is 0.126 e. The molecule has 0 spiro atoms. The lowest BCUT2D eigenvalue weighted by Gasteiger charge is -1.80. The van der Waals surface area contributed by atoms with Crippen molar-refractivity contribution >= 4 is 79.9 Å². The summed E-state index contributed by atoms with van der Waals surface area (Å²) in [5.74, 6) is 0. The van der Waals surface area contributed by atoms with E-state index >= 15 is 0 Å². The second kappa shape index (κ2) is 3.10. The summed E-state index contributed by atoms with van der Waals surface area (Å²) in [6.45, 7) is 0. The summed E-state index contributed by atoms with van der Waals surface area (Å²) in [5.41, 5.74) is 0. The average molecular weight is 377 g/mol. The number of fused-ring (bicyclic) bond motifs is 1. The number of halogens is 3. The quantitative estimate of drug-likeness (QED) is 0.589. The van der Waals surface area contributed by atoms with Crippen LogP contribution in [-0.4, -0.2) is 0 Å². The molecule has 2 heterocycles. The molecule has 58 valence electrons. The molecule has 0 radical (unpaired) electrons. The maximum absolute atomic E-state index is 3.52. The summed E-state index contributed by atoms with van der Waals surface area (Å²) in [5, 5.41) is 0. The fourth-order valence-electron chi connectivity index (χ4n) is 0.805. The van der Waals surface area contributed by atoms with Crippen molar-refractivity contribution in [3.05, 3.63) is 18.1 Å². The van der Waals surface area contributed by atoms with Crippen LogP contribution in [0.5, 0.6) is 0 Å². The second-order valence-electron chi connectivity index (χ2n) is 1.93. The number of thiophene rings is 2. The Morgan fingerprint density at radius 1 is 1.09 bits per heavy atom. The van der Waals surface area contributed by atoms with E-state index in [2.05, 4.69) is 53.9 Å². The Kier molecular flexibility index (Phi) is 2.45. The Balaban J connectivity index is 2.88. The highest BCUT2D eigenvalue weighted by atomic mass is 79.9. The van der Waals surface area contributed by atoms with Gasteiger partial charge in [0, 0.05) is 4.70 Å². The van der Waals surface area contributed by atoms with Crippen molar-refractivity contribution in [2.75, 3.05) is 0 Å². The zero-order chi connectivity index (χ0) is 8.01. The van der Waals surface area contributed by atoms with Gasteiger partial charge in [-0.2, -0.15) is 0 Å². The van der Waals surface area contributed by atoms with Gasteiger partial charge in [0.1, 0.15) is 0 Å². The fraction of sp³-hybridized carbons (Fsp3) is 0. The van der Waals surface area contributed by atoms with Crippen LogP contribution in [0.3, 0.4) is 0 Å². The molecular formula is C6HBr3S2. The summed E-state index contributed by atoms with van der Waals surface area (Å²) in [6.07, 6.45) is 0. The second-order valence-corrected chi connectivity index (χ2v) is 7.53. The Hall–Kier alpha value is 1.10. The van der Waals surface area contributed by atoms with Crippen LogP contribution >= 0.6 is 70.5 Å². The summed E-state index contributed by atoms with van der Waals surface area (Å²) in [4.78, 5) is 0. The van der Waals surface area contributed by atoms with Crippen LogP contribution in [0.4, 0.5) is 0 Å². The van der Waals surface area contributed by atoms with Crippen molar-refractivity contribution in [2.24, 2.45) is 0 Å². The molecule has 0 atom stereocenters. The number of rotatable bonds is 0. The molecule has 0 saturated heterocycles. The fourth-order valence-corrected chi connectivity index (χ4v) is 5.22. The molecule has 0 bridgehead atoms. The van der Waals surface area contributed by atoms with Crippen molar-refractivity contribution in [2.45, 2.75) is 0 Å². The van der Waals surface area contributed by atoms with Gasteiger partial charge in [-0.15, -0.1) is 22.7 Å². The predicted molar refractivity (Wildman–Crippen MR) is 62.8 cm³/mol. The summed E-state index contributed by atoms with van der Waals surface area (Å²) < 4.78 is 6.17. The summed E-state index contributed by atoms with van der Waals surface area (Å²) >= 11 is 13.9. The zero-order valence-electron chi connectivity index (χ0n) is 5.03. The summed E-state index contributed by atoms with van der Waals surface area (Å²) in [6, 6.07) is 2.14. The third kappa shape index (κ3) is 1.46. The van der Waals surface area contributed by atoms with Gasteiger partial charge in [-0.1, -0.05) is 0 Å². The lowest BCUT2D eigenvalue weighted by atomic mass is 10.5. The molecule has 2 aromatic heterocycles. The molecule has 0 aliphatic rings. The molecule has 2 rings (SSSR count). The minimum Gasteiger partial charge on any atom is -0.126 e. The lowest BCUT2D eigenvalue weighted by molar-refractivity contribution is 1.98. The van der Waals surface area contributed by atoms with Crippen LogP contribution < -0.4 is 0 Å².